The minimum Gasteiger partial charge on any atom is -0.475 e. The van der Waals surface area contributed by atoms with Crippen molar-refractivity contribution >= 4 is 29.2 Å². The third kappa shape index (κ3) is 9.28. The summed E-state index contributed by atoms with van der Waals surface area (Å²) in [4.78, 5) is 42.3. The van der Waals surface area contributed by atoms with Crippen LogP contribution >= 0.6 is 11.3 Å². The Morgan fingerprint density at radius 1 is 1.00 bits per heavy atom. The van der Waals surface area contributed by atoms with Crippen molar-refractivity contribution in [1.29, 1.82) is 0 Å². The number of thiophene rings is 1. The number of amides is 1. The monoisotopic (exact) mass is 677 g/mol. The molecule has 0 aromatic carbocycles. The number of hydrogen-bond donors (Lipinski definition) is 2. The molecule has 1 spiro atoms. The largest absolute Gasteiger partial charge is 0.490 e. The number of nitrogens with zero attached hydrogens (tertiary/aromatic N) is 5. The van der Waals surface area contributed by atoms with Gasteiger partial charge < -0.3 is 15.1 Å². The van der Waals surface area contributed by atoms with Crippen LogP contribution in [-0.4, -0.2) is 84.6 Å². The summed E-state index contributed by atoms with van der Waals surface area (Å²) in [6, 6.07) is 12.6. The number of aromatic nitrogens is 3. The number of pyridine rings is 1. The number of halogens is 6. The zero-order valence-electron chi connectivity index (χ0n) is 24.8. The first-order valence-corrected chi connectivity index (χ1v) is 14.9. The van der Waals surface area contributed by atoms with Crippen LogP contribution in [0.2, 0.25) is 0 Å². The van der Waals surface area contributed by atoms with E-state index in [-0.39, 0.29) is 17.9 Å². The number of carboxylic acid groups (broad SMARTS) is 2. The fourth-order valence-electron chi connectivity index (χ4n) is 5.58. The summed E-state index contributed by atoms with van der Waals surface area (Å²) >= 11 is 1.79. The molecule has 2 aliphatic rings. The van der Waals surface area contributed by atoms with Gasteiger partial charge in [-0.05, 0) is 56.3 Å². The average molecular weight is 678 g/mol. The molecule has 2 saturated heterocycles. The lowest BCUT2D eigenvalue weighted by molar-refractivity contribution is -0.193. The number of carbonyl (C=O) groups is 3. The van der Waals surface area contributed by atoms with Crippen molar-refractivity contribution in [3.8, 4) is 0 Å². The molecule has 2 atom stereocenters. The van der Waals surface area contributed by atoms with Gasteiger partial charge in [0, 0.05) is 61.1 Å². The van der Waals surface area contributed by atoms with Crippen molar-refractivity contribution in [2.45, 2.75) is 64.1 Å². The molecule has 3 aromatic rings. The highest BCUT2D eigenvalue weighted by molar-refractivity contribution is 7.09. The van der Waals surface area contributed by atoms with Gasteiger partial charge in [-0.2, -0.15) is 31.4 Å². The van der Waals surface area contributed by atoms with Crippen LogP contribution in [0.3, 0.4) is 0 Å². The summed E-state index contributed by atoms with van der Waals surface area (Å²) in [5, 5.41) is 21.0. The SMILES string of the molecule is CC(C)n1nccc1[C@@H]1CN(Cc2cccs2)C[C@]12CCCN(Cc1ccccn1)C2=O.O=C(O)C(F)(F)F.O=C(O)C(F)(F)F. The van der Waals surface area contributed by atoms with Gasteiger partial charge in [0.2, 0.25) is 5.91 Å². The van der Waals surface area contributed by atoms with Crippen molar-refractivity contribution in [2.75, 3.05) is 19.6 Å². The minimum atomic E-state index is -5.08. The summed E-state index contributed by atoms with van der Waals surface area (Å²) in [6.07, 6.45) is -4.51. The third-order valence-electron chi connectivity index (χ3n) is 7.45. The summed E-state index contributed by atoms with van der Waals surface area (Å²) < 4.78 is 65.6. The fraction of sp³-hybridized carbons (Fsp3) is 0.483. The highest BCUT2D eigenvalue weighted by atomic mass is 32.1. The highest BCUT2D eigenvalue weighted by Gasteiger charge is 2.56. The molecule has 0 saturated carbocycles. The maximum absolute atomic E-state index is 14.1. The molecule has 17 heteroatoms. The molecule has 0 unspecified atom stereocenters. The lowest BCUT2D eigenvalue weighted by Crippen LogP contribution is -2.52. The van der Waals surface area contributed by atoms with E-state index in [4.69, 9.17) is 19.8 Å². The van der Waals surface area contributed by atoms with Crippen molar-refractivity contribution in [3.63, 3.8) is 0 Å². The standard InChI is InChI=1S/C25H31N5OS.2C2HF3O2/c1-19(2)30-23(9-12-27-30)22-17-28(16-21-8-5-14-32-21)18-25(22)10-6-13-29(24(25)31)15-20-7-3-4-11-26-20;2*3-2(4,5)1(6)7/h3-5,7-9,11-12,14,19,22H,6,10,13,15-18H2,1-2H3;2*(H,6,7)/t22-,25+;;/m0../s1. The van der Waals surface area contributed by atoms with Gasteiger partial charge >= 0.3 is 24.3 Å². The van der Waals surface area contributed by atoms with Crippen LogP contribution in [0.1, 0.15) is 54.9 Å². The summed E-state index contributed by atoms with van der Waals surface area (Å²) in [5.41, 5.74) is 1.74. The first kappa shape index (κ1) is 36.5. The molecule has 2 N–H and O–H groups in total. The van der Waals surface area contributed by atoms with Crippen molar-refractivity contribution < 1.29 is 50.9 Å². The van der Waals surface area contributed by atoms with E-state index in [1.807, 2.05) is 35.5 Å². The van der Waals surface area contributed by atoms with Crippen LogP contribution in [0.5, 0.6) is 0 Å². The first-order valence-electron chi connectivity index (χ1n) is 14.0. The zero-order valence-corrected chi connectivity index (χ0v) is 25.6. The Morgan fingerprint density at radius 2 is 1.65 bits per heavy atom. The zero-order chi connectivity index (χ0) is 34.3. The molecule has 0 bridgehead atoms. The summed E-state index contributed by atoms with van der Waals surface area (Å²) in [5.74, 6) is -5.09. The van der Waals surface area contributed by atoms with E-state index in [9.17, 15) is 31.1 Å². The van der Waals surface area contributed by atoms with Gasteiger partial charge in [0.1, 0.15) is 0 Å². The van der Waals surface area contributed by atoms with Gasteiger partial charge in [-0.1, -0.05) is 12.1 Å². The number of carboxylic acids is 2. The molecule has 10 nitrogen and oxygen atoms in total. The Balaban J connectivity index is 0.000000345. The van der Waals surface area contributed by atoms with Gasteiger partial charge in [0.15, 0.2) is 0 Å². The molecule has 0 radical (unpaired) electrons. The Bertz CT molecular complexity index is 1420. The van der Waals surface area contributed by atoms with E-state index < -0.39 is 29.7 Å². The molecular formula is C29H33F6N5O5S. The Labute approximate surface area is 264 Å². The van der Waals surface area contributed by atoms with Crippen LogP contribution in [0.25, 0.3) is 0 Å². The fourth-order valence-corrected chi connectivity index (χ4v) is 6.32. The number of aliphatic carboxylic acids is 2. The van der Waals surface area contributed by atoms with Crippen LogP contribution in [-0.2, 0) is 27.5 Å². The molecular weight excluding hydrogens is 644 g/mol. The maximum Gasteiger partial charge on any atom is 0.490 e. The number of piperidine rings is 1. The Morgan fingerprint density at radius 3 is 2.17 bits per heavy atom. The topological polar surface area (TPSA) is 129 Å². The number of carbonyl (C=O) groups excluding carboxylic acids is 1. The van der Waals surface area contributed by atoms with E-state index >= 15 is 0 Å². The predicted octanol–water partition coefficient (Wildman–Crippen LogP) is 5.60. The Hall–Kier alpha value is -3.99. The van der Waals surface area contributed by atoms with E-state index in [1.54, 1.807) is 11.3 Å². The predicted molar refractivity (Wildman–Crippen MR) is 154 cm³/mol. The van der Waals surface area contributed by atoms with E-state index in [0.29, 0.717) is 6.54 Å². The van der Waals surface area contributed by atoms with Crippen LogP contribution in [0, 0.1) is 5.41 Å². The first-order chi connectivity index (χ1) is 21.5. The molecule has 252 valence electrons. The van der Waals surface area contributed by atoms with Gasteiger partial charge in [-0.3, -0.25) is 19.4 Å². The van der Waals surface area contributed by atoms with Crippen molar-refractivity contribution in [3.05, 3.63) is 70.4 Å². The summed E-state index contributed by atoms with van der Waals surface area (Å²) in [7, 11) is 0. The maximum atomic E-state index is 14.1. The van der Waals surface area contributed by atoms with E-state index in [2.05, 4.69) is 57.1 Å². The third-order valence-corrected chi connectivity index (χ3v) is 8.31. The van der Waals surface area contributed by atoms with Crippen LogP contribution in [0.4, 0.5) is 26.3 Å². The van der Waals surface area contributed by atoms with Crippen molar-refractivity contribution in [1.82, 2.24) is 24.6 Å². The van der Waals surface area contributed by atoms with Gasteiger partial charge in [-0.25, -0.2) is 9.59 Å². The van der Waals surface area contributed by atoms with E-state index in [0.717, 1.165) is 44.7 Å². The van der Waals surface area contributed by atoms with Gasteiger partial charge in [0.25, 0.3) is 0 Å². The summed E-state index contributed by atoms with van der Waals surface area (Å²) in [6.45, 7) is 8.31. The van der Waals surface area contributed by atoms with Gasteiger partial charge in [-0.15, -0.1) is 11.3 Å². The molecule has 3 aromatic heterocycles. The Kier molecular flexibility index (Phi) is 11.9. The average Bonchev–Trinajstić information content (AvgIpc) is 3.73. The second-order valence-corrected chi connectivity index (χ2v) is 12.0. The molecule has 46 heavy (non-hydrogen) atoms. The van der Waals surface area contributed by atoms with Gasteiger partial charge in [0.05, 0.1) is 17.7 Å². The number of hydrogen-bond acceptors (Lipinski definition) is 7. The lowest BCUT2D eigenvalue weighted by atomic mass is 9.70. The lowest BCUT2D eigenvalue weighted by Gasteiger charge is -2.42. The second-order valence-electron chi connectivity index (χ2n) is 11.0. The molecule has 5 heterocycles. The number of likely N-dealkylation sites (tertiary alicyclic amines) is 2. The molecule has 2 fully saturated rings. The molecule has 2 aliphatic heterocycles. The van der Waals surface area contributed by atoms with Crippen molar-refractivity contribution in [2.24, 2.45) is 5.41 Å². The quantitative estimate of drug-likeness (QED) is 0.323. The normalized spacial score (nSPS) is 20.2. The smallest absolute Gasteiger partial charge is 0.475 e. The number of alkyl halides is 6. The molecule has 1 amide bonds. The van der Waals surface area contributed by atoms with Crippen LogP contribution < -0.4 is 0 Å². The second kappa shape index (κ2) is 15.1. The molecule has 0 aliphatic carbocycles. The van der Waals surface area contributed by atoms with Crippen LogP contribution in [0.15, 0.2) is 54.2 Å². The number of rotatable bonds is 6. The molecule has 5 rings (SSSR count). The minimum absolute atomic E-state index is 0.145. The van der Waals surface area contributed by atoms with E-state index in [1.165, 1.54) is 10.6 Å². The highest BCUT2D eigenvalue weighted by Crippen LogP contribution is 2.50.